The Labute approximate surface area is 76.5 Å². The second-order valence-electron chi connectivity index (χ2n) is 2.57. The van der Waals surface area contributed by atoms with Gasteiger partial charge in [0.2, 0.25) is 0 Å². The average Bonchev–Trinajstić information content (AvgIpc) is 2.43. The second-order valence-corrected chi connectivity index (χ2v) is 2.57. The van der Waals surface area contributed by atoms with Crippen LogP contribution in [-0.2, 0) is 11.8 Å². The molecule has 0 aliphatic carbocycles. The van der Waals surface area contributed by atoms with Gasteiger partial charge in [0.25, 0.3) is 0 Å². The van der Waals surface area contributed by atoms with Crippen molar-refractivity contribution in [1.29, 1.82) is 0 Å². The molecule has 1 heterocycles. The number of aryl methyl sites for hydroxylation is 2. The van der Waals surface area contributed by atoms with E-state index in [1.165, 1.54) is 0 Å². The molecule has 0 bridgehead atoms. The minimum atomic E-state index is -0.485. The van der Waals surface area contributed by atoms with Crippen molar-refractivity contribution >= 4 is 5.97 Å². The summed E-state index contributed by atoms with van der Waals surface area (Å²) in [5.74, 6) is 1.73. The van der Waals surface area contributed by atoms with Gasteiger partial charge in [0.1, 0.15) is 0 Å². The summed E-state index contributed by atoms with van der Waals surface area (Å²) in [6, 6.07) is 1.65. The molecule has 1 aromatic heterocycles. The van der Waals surface area contributed by atoms with Crippen LogP contribution >= 0.6 is 0 Å². The Morgan fingerprint density at radius 1 is 1.85 bits per heavy atom. The molecule has 0 saturated heterocycles. The van der Waals surface area contributed by atoms with Crippen molar-refractivity contribution in [2.45, 2.75) is 6.92 Å². The molecule has 4 nitrogen and oxygen atoms in total. The molecule has 0 amide bonds. The predicted octanol–water partition coefficient (Wildman–Crippen LogP) is 0.519. The fourth-order valence-electron chi connectivity index (χ4n) is 0.842. The molecule has 0 unspecified atom stereocenters. The molecule has 68 valence electrons. The lowest BCUT2D eigenvalue weighted by Gasteiger charge is -1.95. The first-order valence-electron chi connectivity index (χ1n) is 3.76. The van der Waals surface area contributed by atoms with E-state index in [2.05, 4.69) is 11.0 Å². The molecule has 4 heteroatoms. The van der Waals surface area contributed by atoms with Crippen LogP contribution in [0.3, 0.4) is 0 Å². The van der Waals surface area contributed by atoms with Crippen LogP contribution in [0, 0.1) is 19.3 Å². The minimum absolute atomic E-state index is 0.0194. The van der Waals surface area contributed by atoms with E-state index in [1.54, 1.807) is 17.8 Å². The summed E-state index contributed by atoms with van der Waals surface area (Å²) in [6.07, 6.45) is 4.94. The Morgan fingerprint density at radius 2 is 2.54 bits per heavy atom. The molecular formula is C9H10N2O2. The fraction of sp³-hybridized carbons (Fsp3) is 0.333. The highest BCUT2D eigenvalue weighted by molar-refractivity contribution is 5.87. The molecule has 0 N–H and O–H groups in total. The molecule has 0 aromatic carbocycles. The van der Waals surface area contributed by atoms with Crippen LogP contribution in [0.1, 0.15) is 16.2 Å². The van der Waals surface area contributed by atoms with Crippen LogP contribution < -0.4 is 0 Å². The van der Waals surface area contributed by atoms with Crippen LogP contribution in [0.4, 0.5) is 0 Å². The van der Waals surface area contributed by atoms with Gasteiger partial charge in [0, 0.05) is 12.7 Å². The Balaban J connectivity index is 2.73. The van der Waals surface area contributed by atoms with Crippen LogP contribution in [0.5, 0.6) is 0 Å². The number of rotatable bonds is 2. The first-order chi connectivity index (χ1) is 6.15. The van der Waals surface area contributed by atoms with Gasteiger partial charge in [0.15, 0.2) is 12.3 Å². The van der Waals surface area contributed by atoms with Crippen molar-refractivity contribution in [3.8, 4) is 12.3 Å². The Hall–Kier alpha value is -1.76. The number of esters is 1. The first-order valence-corrected chi connectivity index (χ1v) is 3.76. The standard InChI is InChI=1S/C9H10N2O2/c1-4-5-13-9(12)8-6-7(2)11(3)10-8/h1,6H,5H2,2-3H3. The third kappa shape index (κ3) is 2.09. The molecule has 1 rings (SSSR count). The van der Waals surface area contributed by atoms with Crippen LogP contribution in [0.2, 0.25) is 0 Å². The molecule has 0 saturated carbocycles. The molecule has 0 fully saturated rings. The normalized spacial score (nSPS) is 9.31. The van der Waals surface area contributed by atoms with Crippen LogP contribution in [0.15, 0.2) is 6.07 Å². The van der Waals surface area contributed by atoms with E-state index in [-0.39, 0.29) is 12.3 Å². The number of carbonyl (C=O) groups excluding carboxylic acids is 1. The lowest BCUT2D eigenvalue weighted by molar-refractivity contribution is 0.0549. The van der Waals surface area contributed by atoms with Crippen LogP contribution in [-0.4, -0.2) is 22.4 Å². The number of carbonyl (C=O) groups is 1. The Morgan fingerprint density at radius 3 is 3.00 bits per heavy atom. The van der Waals surface area contributed by atoms with E-state index >= 15 is 0 Å². The van der Waals surface area contributed by atoms with Gasteiger partial charge in [-0.05, 0) is 13.0 Å². The van der Waals surface area contributed by atoms with Crippen LogP contribution in [0.25, 0.3) is 0 Å². The zero-order valence-electron chi connectivity index (χ0n) is 7.57. The summed E-state index contributed by atoms with van der Waals surface area (Å²) in [7, 11) is 1.76. The lowest BCUT2D eigenvalue weighted by atomic mass is 10.4. The van der Waals surface area contributed by atoms with Gasteiger partial charge in [-0.15, -0.1) is 6.42 Å². The molecule has 0 radical (unpaired) electrons. The number of ether oxygens (including phenoxy) is 1. The summed E-state index contributed by atoms with van der Waals surface area (Å²) in [5, 5.41) is 3.94. The number of terminal acetylenes is 1. The summed E-state index contributed by atoms with van der Waals surface area (Å²) >= 11 is 0. The maximum Gasteiger partial charge on any atom is 0.359 e. The van der Waals surface area contributed by atoms with Crippen molar-refractivity contribution in [3.63, 3.8) is 0 Å². The van der Waals surface area contributed by atoms with Crippen molar-refractivity contribution in [1.82, 2.24) is 9.78 Å². The maximum atomic E-state index is 11.2. The Bertz CT molecular complexity index is 341. The predicted molar refractivity (Wildman–Crippen MR) is 47.1 cm³/mol. The SMILES string of the molecule is C#CCOC(=O)c1cc(C)n(C)n1. The van der Waals surface area contributed by atoms with Gasteiger partial charge in [-0.25, -0.2) is 4.79 Å². The third-order valence-electron chi connectivity index (χ3n) is 1.61. The van der Waals surface area contributed by atoms with E-state index in [0.29, 0.717) is 0 Å². The monoisotopic (exact) mass is 178 g/mol. The third-order valence-corrected chi connectivity index (χ3v) is 1.61. The molecule has 0 spiro atoms. The van der Waals surface area contributed by atoms with Gasteiger partial charge >= 0.3 is 5.97 Å². The lowest BCUT2D eigenvalue weighted by Crippen LogP contribution is -2.06. The molecule has 0 aliphatic rings. The highest BCUT2D eigenvalue weighted by atomic mass is 16.5. The van der Waals surface area contributed by atoms with E-state index < -0.39 is 5.97 Å². The number of hydrogen-bond acceptors (Lipinski definition) is 3. The Kier molecular flexibility index (Phi) is 2.70. The van der Waals surface area contributed by atoms with E-state index in [0.717, 1.165) is 5.69 Å². The highest BCUT2D eigenvalue weighted by Gasteiger charge is 2.11. The number of aromatic nitrogens is 2. The number of nitrogens with zero attached hydrogens (tertiary/aromatic N) is 2. The first kappa shape index (κ1) is 9.33. The van der Waals surface area contributed by atoms with Gasteiger partial charge in [-0.2, -0.15) is 5.10 Å². The van der Waals surface area contributed by atoms with E-state index in [1.807, 2.05) is 6.92 Å². The molecule has 0 aliphatic heterocycles. The molecule has 13 heavy (non-hydrogen) atoms. The van der Waals surface area contributed by atoms with Crippen molar-refractivity contribution in [3.05, 3.63) is 17.5 Å². The van der Waals surface area contributed by atoms with Crippen molar-refractivity contribution in [2.75, 3.05) is 6.61 Å². The van der Waals surface area contributed by atoms with Gasteiger partial charge in [0.05, 0.1) is 0 Å². The minimum Gasteiger partial charge on any atom is -0.448 e. The summed E-state index contributed by atoms with van der Waals surface area (Å²) in [5.41, 5.74) is 1.18. The van der Waals surface area contributed by atoms with Crippen molar-refractivity contribution < 1.29 is 9.53 Å². The summed E-state index contributed by atoms with van der Waals surface area (Å²) in [6.45, 7) is 1.83. The largest absolute Gasteiger partial charge is 0.448 e. The molecule has 0 atom stereocenters. The highest BCUT2D eigenvalue weighted by Crippen LogP contribution is 2.02. The molecular weight excluding hydrogens is 168 g/mol. The molecule has 1 aromatic rings. The van der Waals surface area contributed by atoms with Crippen molar-refractivity contribution in [2.24, 2.45) is 7.05 Å². The average molecular weight is 178 g/mol. The van der Waals surface area contributed by atoms with E-state index in [4.69, 9.17) is 11.2 Å². The smallest absolute Gasteiger partial charge is 0.359 e. The zero-order valence-corrected chi connectivity index (χ0v) is 7.57. The topological polar surface area (TPSA) is 44.1 Å². The summed E-state index contributed by atoms with van der Waals surface area (Å²) < 4.78 is 6.30. The zero-order chi connectivity index (χ0) is 9.84. The van der Waals surface area contributed by atoms with Gasteiger partial charge < -0.3 is 4.74 Å². The fourth-order valence-corrected chi connectivity index (χ4v) is 0.842. The van der Waals surface area contributed by atoms with Gasteiger partial charge in [-0.1, -0.05) is 5.92 Å². The van der Waals surface area contributed by atoms with E-state index in [9.17, 15) is 4.79 Å². The summed E-state index contributed by atoms with van der Waals surface area (Å²) in [4.78, 5) is 11.2. The maximum absolute atomic E-state index is 11.2. The number of hydrogen-bond donors (Lipinski definition) is 0. The quantitative estimate of drug-likeness (QED) is 0.490. The second kappa shape index (κ2) is 3.76. The van der Waals surface area contributed by atoms with Gasteiger partial charge in [-0.3, -0.25) is 4.68 Å².